The van der Waals surface area contributed by atoms with E-state index in [1.165, 1.54) is 13.0 Å². The van der Waals surface area contributed by atoms with Gasteiger partial charge in [0.1, 0.15) is 5.82 Å². The van der Waals surface area contributed by atoms with Gasteiger partial charge in [-0.15, -0.1) is 0 Å². The molecule has 0 amide bonds. The van der Waals surface area contributed by atoms with Gasteiger partial charge < -0.3 is 20.4 Å². The van der Waals surface area contributed by atoms with Gasteiger partial charge in [0.2, 0.25) is 0 Å². The Kier molecular flexibility index (Phi) is 8.32. The third kappa shape index (κ3) is 6.57. The zero-order valence-corrected chi connectivity index (χ0v) is 16.7. The molecule has 6 heteroatoms. The van der Waals surface area contributed by atoms with E-state index in [1.807, 2.05) is 31.1 Å². The molecule has 0 bridgehead atoms. The molecule has 2 N–H and O–H groups in total. The highest BCUT2D eigenvalue weighted by molar-refractivity contribution is 5.79. The first-order valence-electron chi connectivity index (χ1n) is 9.63. The molecule has 1 heterocycles. The highest BCUT2D eigenvalue weighted by Crippen LogP contribution is 2.13. The minimum atomic E-state index is -0.149. The van der Waals surface area contributed by atoms with Gasteiger partial charge in [-0.1, -0.05) is 13.0 Å². The predicted molar refractivity (Wildman–Crippen MR) is 107 cm³/mol. The zero-order valence-electron chi connectivity index (χ0n) is 16.7. The van der Waals surface area contributed by atoms with Gasteiger partial charge in [0, 0.05) is 44.8 Å². The number of rotatable bonds is 7. The van der Waals surface area contributed by atoms with E-state index in [0.717, 1.165) is 43.0 Å². The Bertz CT molecular complexity index is 580. The van der Waals surface area contributed by atoms with E-state index in [9.17, 15) is 4.39 Å². The van der Waals surface area contributed by atoms with E-state index < -0.39 is 0 Å². The molecule has 1 aromatic carbocycles. The Balaban J connectivity index is 1.84. The highest BCUT2D eigenvalue weighted by atomic mass is 19.1. The average Bonchev–Trinajstić information content (AvgIpc) is 2.62. The molecule has 0 saturated carbocycles. The van der Waals surface area contributed by atoms with Gasteiger partial charge in [0.15, 0.2) is 5.96 Å². The SMILES string of the molecule is CCCN1CCC(NC(=NC)NCc2ccc(F)c(CN(C)C)c2)CC1. The number of hydrogen-bond donors (Lipinski definition) is 2. The van der Waals surface area contributed by atoms with Gasteiger partial charge in [0.25, 0.3) is 0 Å². The van der Waals surface area contributed by atoms with Crippen LogP contribution in [0.4, 0.5) is 4.39 Å². The Hall–Kier alpha value is -1.66. The van der Waals surface area contributed by atoms with Crippen LogP contribution < -0.4 is 10.6 Å². The Morgan fingerprint density at radius 1 is 1.31 bits per heavy atom. The minimum Gasteiger partial charge on any atom is -0.354 e. The van der Waals surface area contributed by atoms with E-state index in [1.54, 1.807) is 13.1 Å². The van der Waals surface area contributed by atoms with Crippen molar-refractivity contribution in [3.8, 4) is 0 Å². The van der Waals surface area contributed by atoms with Crippen LogP contribution in [0, 0.1) is 5.82 Å². The summed E-state index contributed by atoms with van der Waals surface area (Å²) in [6.45, 7) is 6.95. The summed E-state index contributed by atoms with van der Waals surface area (Å²) >= 11 is 0. The van der Waals surface area contributed by atoms with Crippen LogP contribution in [0.25, 0.3) is 0 Å². The normalized spacial score (nSPS) is 16.9. The van der Waals surface area contributed by atoms with Crippen LogP contribution in [0.2, 0.25) is 0 Å². The first kappa shape index (κ1) is 20.6. The summed E-state index contributed by atoms with van der Waals surface area (Å²) in [5.74, 6) is 0.668. The summed E-state index contributed by atoms with van der Waals surface area (Å²) in [4.78, 5) is 8.84. The average molecular weight is 364 g/mol. The van der Waals surface area contributed by atoms with Crippen molar-refractivity contribution in [3.05, 3.63) is 35.1 Å². The summed E-state index contributed by atoms with van der Waals surface area (Å²) in [5, 5.41) is 6.89. The summed E-state index contributed by atoms with van der Waals surface area (Å²) in [6.07, 6.45) is 3.50. The van der Waals surface area contributed by atoms with Crippen molar-refractivity contribution in [1.82, 2.24) is 20.4 Å². The molecule has 0 atom stereocenters. The number of benzene rings is 1. The number of nitrogens with zero attached hydrogens (tertiary/aromatic N) is 3. The molecule has 1 aromatic rings. The van der Waals surface area contributed by atoms with Crippen molar-refractivity contribution in [2.24, 2.45) is 4.99 Å². The molecule has 0 radical (unpaired) electrons. The summed E-state index contributed by atoms with van der Waals surface area (Å²) in [7, 11) is 5.69. The number of likely N-dealkylation sites (tertiary alicyclic amines) is 1. The maximum absolute atomic E-state index is 13.9. The standard InChI is InChI=1S/C20H34FN5/c1-5-10-26-11-8-18(9-12-26)24-20(22-2)23-14-16-6-7-19(21)17(13-16)15-25(3)4/h6-7,13,18H,5,8-12,14-15H2,1-4H3,(H2,22,23,24). The van der Waals surface area contributed by atoms with Gasteiger partial charge in [-0.2, -0.15) is 0 Å². The van der Waals surface area contributed by atoms with Crippen LogP contribution in [0.5, 0.6) is 0 Å². The smallest absolute Gasteiger partial charge is 0.191 e. The van der Waals surface area contributed by atoms with Crippen molar-refractivity contribution in [3.63, 3.8) is 0 Å². The third-order valence-corrected chi connectivity index (χ3v) is 4.75. The second-order valence-corrected chi connectivity index (χ2v) is 7.35. The van der Waals surface area contributed by atoms with Crippen LogP contribution in [-0.2, 0) is 13.1 Å². The third-order valence-electron chi connectivity index (χ3n) is 4.75. The molecule has 1 fully saturated rings. The van der Waals surface area contributed by atoms with Gasteiger partial charge in [-0.3, -0.25) is 4.99 Å². The van der Waals surface area contributed by atoms with Crippen molar-refractivity contribution < 1.29 is 4.39 Å². The molecule has 0 unspecified atom stereocenters. The number of guanidine groups is 1. The Morgan fingerprint density at radius 2 is 2.04 bits per heavy atom. The number of aliphatic imine (C=N–C) groups is 1. The molecule has 0 spiro atoms. The van der Waals surface area contributed by atoms with Crippen LogP contribution in [0.3, 0.4) is 0 Å². The molecule has 146 valence electrons. The fourth-order valence-corrected chi connectivity index (χ4v) is 3.39. The maximum Gasteiger partial charge on any atom is 0.191 e. The lowest BCUT2D eigenvalue weighted by Gasteiger charge is -2.32. The second kappa shape index (κ2) is 10.5. The highest BCUT2D eigenvalue weighted by Gasteiger charge is 2.19. The summed E-state index contributed by atoms with van der Waals surface area (Å²) < 4.78 is 13.9. The Labute approximate surface area is 157 Å². The van der Waals surface area contributed by atoms with Crippen LogP contribution in [0.1, 0.15) is 37.3 Å². The molecule has 1 aliphatic heterocycles. The molecule has 1 aliphatic rings. The summed E-state index contributed by atoms with van der Waals surface area (Å²) in [6, 6.07) is 5.78. The largest absolute Gasteiger partial charge is 0.354 e. The monoisotopic (exact) mass is 363 g/mol. The van der Waals surface area contributed by atoms with E-state index in [0.29, 0.717) is 19.1 Å². The molecule has 26 heavy (non-hydrogen) atoms. The maximum atomic E-state index is 13.9. The lowest BCUT2D eigenvalue weighted by Crippen LogP contribution is -2.48. The van der Waals surface area contributed by atoms with Crippen molar-refractivity contribution in [1.29, 1.82) is 0 Å². The van der Waals surface area contributed by atoms with E-state index in [-0.39, 0.29) is 5.82 Å². The molecule has 2 rings (SSSR count). The lowest BCUT2D eigenvalue weighted by atomic mass is 10.1. The zero-order chi connectivity index (χ0) is 18.9. The van der Waals surface area contributed by atoms with Crippen molar-refractivity contribution >= 4 is 5.96 Å². The fraction of sp³-hybridized carbons (Fsp3) is 0.650. The molecule has 1 saturated heterocycles. The van der Waals surface area contributed by atoms with E-state index in [4.69, 9.17) is 0 Å². The molecular formula is C20H34FN5. The lowest BCUT2D eigenvalue weighted by molar-refractivity contribution is 0.206. The van der Waals surface area contributed by atoms with Crippen LogP contribution >= 0.6 is 0 Å². The van der Waals surface area contributed by atoms with E-state index >= 15 is 0 Å². The second-order valence-electron chi connectivity index (χ2n) is 7.35. The van der Waals surface area contributed by atoms with E-state index in [2.05, 4.69) is 27.4 Å². The van der Waals surface area contributed by atoms with Gasteiger partial charge in [0.05, 0.1) is 0 Å². The first-order chi connectivity index (χ1) is 12.5. The molecule has 0 aliphatic carbocycles. The van der Waals surface area contributed by atoms with Gasteiger partial charge >= 0.3 is 0 Å². The van der Waals surface area contributed by atoms with Gasteiger partial charge in [-0.25, -0.2) is 4.39 Å². The molecule has 0 aromatic heterocycles. The number of nitrogens with one attached hydrogen (secondary N) is 2. The number of halogens is 1. The molecular weight excluding hydrogens is 329 g/mol. The van der Waals surface area contributed by atoms with Gasteiger partial charge in [-0.05, 0) is 57.6 Å². The van der Waals surface area contributed by atoms with Crippen molar-refractivity contribution in [2.45, 2.75) is 45.3 Å². The summed E-state index contributed by atoms with van der Waals surface area (Å²) in [5.41, 5.74) is 1.78. The number of piperidine rings is 1. The quantitative estimate of drug-likeness (QED) is 0.577. The van der Waals surface area contributed by atoms with Crippen LogP contribution in [0.15, 0.2) is 23.2 Å². The molecule has 5 nitrogen and oxygen atoms in total. The fourth-order valence-electron chi connectivity index (χ4n) is 3.39. The minimum absolute atomic E-state index is 0.149. The van der Waals surface area contributed by atoms with Crippen LogP contribution in [-0.4, -0.2) is 62.6 Å². The Morgan fingerprint density at radius 3 is 2.65 bits per heavy atom. The van der Waals surface area contributed by atoms with Crippen molar-refractivity contribution in [2.75, 3.05) is 40.8 Å². The predicted octanol–water partition coefficient (Wildman–Crippen LogP) is 2.43. The topological polar surface area (TPSA) is 42.9 Å². The number of hydrogen-bond acceptors (Lipinski definition) is 3. The first-order valence-corrected chi connectivity index (χ1v) is 9.63.